The van der Waals surface area contributed by atoms with Crippen LogP contribution < -0.4 is 10.1 Å². The van der Waals surface area contributed by atoms with Gasteiger partial charge < -0.3 is 14.6 Å². The van der Waals surface area contributed by atoms with E-state index in [1.165, 1.54) is 25.0 Å². The van der Waals surface area contributed by atoms with Crippen molar-refractivity contribution >= 4 is 22.6 Å². The molecule has 0 spiro atoms. The number of piperidine rings is 1. The van der Waals surface area contributed by atoms with Gasteiger partial charge in [0, 0.05) is 55.9 Å². The van der Waals surface area contributed by atoms with E-state index in [0.717, 1.165) is 49.0 Å². The quantitative estimate of drug-likeness (QED) is 0.224. The van der Waals surface area contributed by atoms with Crippen LogP contribution in [0.2, 0.25) is 0 Å². The molecule has 4 aromatic rings. The number of ether oxygens (including phenoxy) is 1. The van der Waals surface area contributed by atoms with Gasteiger partial charge >= 0.3 is 0 Å². The summed E-state index contributed by atoms with van der Waals surface area (Å²) in [5.74, 6) is 0.780. The Morgan fingerprint density at radius 3 is 2.57 bits per heavy atom. The molecule has 0 radical (unpaired) electrons. The fourth-order valence-electron chi connectivity index (χ4n) is 7.01. The largest absolute Gasteiger partial charge is 0.495 e. The van der Waals surface area contributed by atoms with Crippen LogP contribution in [0.1, 0.15) is 64.9 Å². The second-order valence-corrected chi connectivity index (χ2v) is 11.6. The Kier molecular flexibility index (Phi) is 8.33. The van der Waals surface area contributed by atoms with E-state index in [9.17, 15) is 14.0 Å². The molecule has 0 saturated carbocycles. The molecule has 1 amide bonds. The summed E-state index contributed by atoms with van der Waals surface area (Å²) in [5.41, 5.74) is 2.78. The minimum absolute atomic E-state index is 0.151. The monoisotopic (exact) mass is 568 g/mol. The average molecular weight is 569 g/mol. The Hall–Kier alpha value is -4.04. The zero-order valence-electron chi connectivity index (χ0n) is 24.0. The highest BCUT2D eigenvalue weighted by molar-refractivity contribution is 6.08. The summed E-state index contributed by atoms with van der Waals surface area (Å²) in [6, 6.07) is 18.6. The molecule has 4 heterocycles. The van der Waals surface area contributed by atoms with Crippen LogP contribution in [0.3, 0.4) is 0 Å². The number of benzene rings is 2. The molecule has 218 valence electrons. The van der Waals surface area contributed by atoms with E-state index in [1.54, 1.807) is 25.4 Å². The molecule has 2 aromatic carbocycles. The lowest BCUT2D eigenvalue weighted by Gasteiger charge is -2.39. The number of nitrogens with one attached hydrogen (secondary N) is 1. The number of ketones is 1. The summed E-state index contributed by atoms with van der Waals surface area (Å²) in [4.78, 5) is 32.9. The van der Waals surface area contributed by atoms with E-state index in [4.69, 9.17) is 4.74 Å². The zero-order chi connectivity index (χ0) is 29.1. The molecule has 6 rings (SSSR count). The lowest BCUT2D eigenvalue weighted by atomic mass is 9.86. The van der Waals surface area contributed by atoms with Gasteiger partial charge in [-0.25, -0.2) is 4.39 Å². The maximum atomic E-state index is 13.6. The molecule has 2 saturated heterocycles. The summed E-state index contributed by atoms with van der Waals surface area (Å²) in [6.07, 6.45) is 9.62. The number of para-hydroxylation sites is 1. The molecule has 2 aliphatic rings. The molecule has 1 N–H and O–H groups in total. The van der Waals surface area contributed by atoms with Crippen molar-refractivity contribution in [3.05, 3.63) is 95.7 Å². The number of amides is 1. The van der Waals surface area contributed by atoms with Crippen LogP contribution in [0.4, 0.5) is 4.39 Å². The van der Waals surface area contributed by atoms with Gasteiger partial charge in [-0.3, -0.25) is 19.5 Å². The number of rotatable bonds is 11. The Morgan fingerprint density at radius 2 is 1.83 bits per heavy atom. The summed E-state index contributed by atoms with van der Waals surface area (Å²) in [7, 11) is 1.65. The Balaban J connectivity index is 1.10. The zero-order valence-corrected chi connectivity index (χ0v) is 24.0. The van der Waals surface area contributed by atoms with Crippen molar-refractivity contribution in [3.8, 4) is 5.75 Å². The smallest absolute Gasteiger partial charge is 0.253 e. The molecule has 2 aliphatic heterocycles. The van der Waals surface area contributed by atoms with Crippen LogP contribution in [-0.2, 0) is 13.1 Å². The first-order chi connectivity index (χ1) is 20.5. The van der Waals surface area contributed by atoms with Crippen molar-refractivity contribution < 1.29 is 18.7 Å². The molecule has 2 unspecified atom stereocenters. The Bertz CT molecular complexity index is 1560. The summed E-state index contributed by atoms with van der Waals surface area (Å²) in [6.45, 7) is 1.98. The minimum Gasteiger partial charge on any atom is -0.495 e. The predicted molar refractivity (Wildman–Crippen MR) is 160 cm³/mol. The summed E-state index contributed by atoms with van der Waals surface area (Å²) >= 11 is 0. The van der Waals surface area contributed by atoms with Gasteiger partial charge in [0.25, 0.3) is 5.91 Å². The molecule has 0 aliphatic carbocycles. The first-order valence-corrected chi connectivity index (χ1v) is 14.9. The number of hydrogen-bond donors (Lipinski definition) is 1. The standard InChI is InChI=1S/C34H37FN4O3/c1-42-32-11-5-9-28-29(34(41)37-21-23-7-4-8-25(35)17-23)22-38(33(28)32)15-6-16-39-26-12-13-27(39)19-24(18-26)20-31(40)30-10-2-3-14-36-30/h2-5,7-11,14,17,22,24,26-27H,6,12-13,15-16,18-21H2,1H3,(H,37,41)/t24?,26-,27?/m1/s1. The van der Waals surface area contributed by atoms with Crippen molar-refractivity contribution in [3.63, 3.8) is 0 Å². The highest BCUT2D eigenvalue weighted by atomic mass is 19.1. The average Bonchev–Trinajstić information content (AvgIpc) is 3.49. The lowest BCUT2D eigenvalue weighted by molar-refractivity contribution is 0.0803. The van der Waals surface area contributed by atoms with Gasteiger partial charge in [-0.15, -0.1) is 0 Å². The predicted octanol–water partition coefficient (Wildman–Crippen LogP) is 6.02. The SMILES string of the molecule is COc1cccc2c(C(=O)NCc3cccc(F)c3)cn(CCCN3C4CC[C@@H]3CC(CC(=O)c3ccccn3)C4)c12. The topological polar surface area (TPSA) is 76.5 Å². The van der Waals surface area contributed by atoms with Crippen LogP contribution >= 0.6 is 0 Å². The molecule has 42 heavy (non-hydrogen) atoms. The molecule has 7 nitrogen and oxygen atoms in total. The van der Waals surface area contributed by atoms with Gasteiger partial charge in [0.15, 0.2) is 5.78 Å². The Morgan fingerprint density at radius 1 is 1.02 bits per heavy atom. The van der Waals surface area contributed by atoms with Crippen molar-refractivity contribution in [1.29, 1.82) is 0 Å². The first-order valence-electron chi connectivity index (χ1n) is 14.9. The number of methoxy groups -OCH3 is 1. The summed E-state index contributed by atoms with van der Waals surface area (Å²) < 4.78 is 21.4. The molecule has 8 heteroatoms. The first kappa shape index (κ1) is 28.1. The number of carbonyl (C=O) groups excluding carboxylic acids is 2. The maximum absolute atomic E-state index is 13.6. The summed E-state index contributed by atoms with van der Waals surface area (Å²) in [5, 5.41) is 3.78. The van der Waals surface area contributed by atoms with Gasteiger partial charge in [-0.2, -0.15) is 0 Å². The number of nitrogens with zero attached hydrogens (tertiary/aromatic N) is 3. The van der Waals surface area contributed by atoms with Gasteiger partial charge in [0.1, 0.15) is 17.3 Å². The van der Waals surface area contributed by atoms with Crippen molar-refractivity contribution in [2.45, 2.75) is 63.7 Å². The van der Waals surface area contributed by atoms with Crippen molar-refractivity contribution in [2.75, 3.05) is 13.7 Å². The fraction of sp³-hybridized carbons (Fsp3) is 0.382. The number of carbonyl (C=O) groups is 2. The van der Waals surface area contributed by atoms with Gasteiger partial charge in [-0.1, -0.05) is 30.3 Å². The Labute approximate surface area is 245 Å². The van der Waals surface area contributed by atoms with Gasteiger partial charge in [-0.05, 0) is 73.9 Å². The maximum Gasteiger partial charge on any atom is 0.253 e. The number of aryl methyl sites for hydroxylation is 1. The molecule has 2 aromatic heterocycles. The number of halogens is 1. The van der Waals surface area contributed by atoms with E-state index in [1.807, 2.05) is 42.6 Å². The molecular weight excluding hydrogens is 531 g/mol. The van der Waals surface area contributed by atoms with E-state index in [-0.39, 0.29) is 24.1 Å². The number of fused-ring (bicyclic) bond motifs is 3. The fourth-order valence-corrected chi connectivity index (χ4v) is 7.01. The van der Waals surface area contributed by atoms with Crippen LogP contribution in [-0.4, -0.2) is 51.9 Å². The number of aromatic nitrogens is 2. The van der Waals surface area contributed by atoms with Crippen LogP contribution in [0.25, 0.3) is 10.9 Å². The number of pyridine rings is 1. The van der Waals surface area contributed by atoms with Crippen LogP contribution in [0, 0.1) is 11.7 Å². The van der Waals surface area contributed by atoms with E-state index < -0.39 is 0 Å². The third-order valence-electron chi connectivity index (χ3n) is 8.89. The number of Topliss-reactive ketones (excluding diaryl/α,β-unsaturated/α-hetero) is 1. The molecular formula is C34H37FN4O3. The van der Waals surface area contributed by atoms with Gasteiger partial charge in [0.05, 0.1) is 18.2 Å². The van der Waals surface area contributed by atoms with E-state index in [0.29, 0.717) is 41.2 Å². The highest BCUT2D eigenvalue weighted by Gasteiger charge is 2.40. The second-order valence-electron chi connectivity index (χ2n) is 11.6. The number of hydrogen-bond acceptors (Lipinski definition) is 5. The van der Waals surface area contributed by atoms with Crippen molar-refractivity contribution in [1.82, 2.24) is 19.8 Å². The molecule has 2 fully saturated rings. The van der Waals surface area contributed by atoms with Crippen LogP contribution in [0.5, 0.6) is 5.75 Å². The minimum atomic E-state index is -0.321. The van der Waals surface area contributed by atoms with E-state index >= 15 is 0 Å². The van der Waals surface area contributed by atoms with Gasteiger partial charge in [0.2, 0.25) is 0 Å². The lowest BCUT2D eigenvalue weighted by Crippen LogP contribution is -2.43. The normalized spacial score (nSPS) is 20.1. The highest BCUT2D eigenvalue weighted by Crippen LogP contribution is 2.40. The second kappa shape index (κ2) is 12.4. The van der Waals surface area contributed by atoms with Crippen molar-refractivity contribution in [2.24, 2.45) is 5.92 Å². The van der Waals surface area contributed by atoms with E-state index in [2.05, 4.69) is 19.8 Å². The third-order valence-corrected chi connectivity index (χ3v) is 8.89. The molecule has 2 bridgehead atoms. The van der Waals surface area contributed by atoms with Crippen LogP contribution in [0.15, 0.2) is 73.1 Å². The third kappa shape index (κ3) is 5.95. The molecule has 3 atom stereocenters.